The van der Waals surface area contributed by atoms with Crippen molar-refractivity contribution in [3.63, 3.8) is 0 Å². The molecule has 0 amide bonds. The van der Waals surface area contributed by atoms with Crippen LogP contribution in [0.1, 0.15) is 24.3 Å². The standard InChI is InChI=1S/C13H15FN2/c14-12-3-1-2-10-11(8-16-13(10)12)9-4-6-15-7-5-9/h1-3,8-9,15-16H,4-7H2. The molecule has 1 saturated heterocycles. The van der Waals surface area contributed by atoms with E-state index in [-0.39, 0.29) is 5.82 Å². The zero-order valence-electron chi connectivity index (χ0n) is 9.09. The first-order chi connectivity index (χ1) is 7.86. The van der Waals surface area contributed by atoms with Crippen molar-refractivity contribution in [1.82, 2.24) is 10.3 Å². The van der Waals surface area contributed by atoms with E-state index in [4.69, 9.17) is 0 Å². The molecule has 1 aliphatic rings. The van der Waals surface area contributed by atoms with E-state index in [9.17, 15) is 4.39 Å². The van der Waals surface area contributed by atoms with E-state index in [0.717, 1.165) is 31.3 Å². The maximum absolute atomic E-state index is 13.5. The van der Waals surface area contributed by atoms with Gasteiger partial charge in [0.15, 0.2) is 0 Å². The summed E-state index contributed by atoms with van der Waals surface area (Å²) in [7, 11) is 0. The van der Waals surface area contributed by atoms with E-state index in [1.807, 2.05) is 12.3 Å². The Labute approximate surface area is 93.9 Å². The van der Waals surface area contributed by atoms with Crippen LogP contribution in [0.2, 0.25) is 0 Å². The van der Waals surface area contributed by atoms with Crippen molar-refractivity contribution in [3.8, 4) is 0 Å². The van der Waals surface area contributed by atoms with Crippen molar-refractivity contribution in [1.29, 1.82) is 0 Å². The minimum Gasteiger partial charge on any atom is -0.359 e. The van der Waals surface area contributed by atoms with Gasteiger partial charge in [0.25, 0.3) is 0 Å². The van der Waals surface area contributed by atoms with Crippen LogP contribution in [0.3, 0.4) is 0 Å². The van der Waals surface area contributed by atoms with E-state index in [1.165, 1.54) is 11.6 Å². The molecule has 3 heteroatoms. The Morgan fingerprint density at radius 2 is 2.00 bits per heavy atom. The number of benzene rings is 1. The largest absolute Gasteiger partial charge is 0.359 e. The first kappa shape index (κ1) is 9.85. The topological polar surface area (TPSA) is 27.8 Å². The van der Waals surface area contributed by atoms with Gasteiger partial charge >= 0.3 is 0 Å². The number of fused-ring (bicyclic) bond motifs is 1. The number of para-hydroxylation sites is 1. The molecule has 2 aromatic rings. The normalized spacial score (nSPS) is 18.1. The first-order valence-electron chi connectivity index (χ1n) is 5.82. The number of nitrogens with one attached hydrogen (secondary N) is 2. The summed E-state index contributed by atoms with van der Waals surface area (Å²) in [6, 6.07) is 5.30. The fourth-order valence-electron chi connectivity index (χ4n) is 2.61. The smallest absolute Gasteiger partial charge is 0.147 e. The van der Waals surface area contributed by atoms with Crippen LogP contribution in [-0.4, -0.2) is 18.1 Å². The van der Waals surface area contributed by atoms with Crippen LogP contribution in [-0.2, 0) is 0 Å². The van der Waals surface area contributed by atoms with Crippen LogP contribution < -0.4 is 5.32 Å². The van der Waals surface area contributed by atoms with Crippen LogP contribution in [0, 0.1) is 5.82 Å². The summed E-state index contributed by atoms with van der Waals surface area (Å²) in [5.41, 5.74) is 1.92. The number of aromatic amines is 1. The zero-order chi connectivity index (χ0) is 11.0. The molecule has 0 spiro atoms. The molecule has 0 aliphatic carbocycles. The van der Waals surface area contributed by atoms with E-state index < -0.39 is 0 Å². The van der Waals surface area contributed by atoms with Gasteiger partial charge in [-0.05, 0) is 43.5 Å². The summed E-state index contributed by atoms with van der Waals surface area (Å²) < 4.78 is 13.5. The third kappa shape index (κ3) is 1.52. The maximum Gasteiger partial charge on any atom is 0.147 e. The zero-order valence-corrected chi connectivity index (χ0v) is 9.09. The second-order valence-corrected chi connectivity index (χ2v) is 4.43. The predicted octanol–water partition coefficient (Wildman–Crippen LogP) is 2.77. The number of aromatic nitrogens is 1. The average molecular weight is 218 g/mol. The lowest BCUT2D eigenvalue weighted by atomic mass is 9.90. The Kier molecular flexibility index (Phi) is 2.40. The van der Waals surface area contributed by atoms with Gasteiger partial charge in [-0.15, -0.1) is 0 Å². The van der Waals surface area contributed by atoms with Crippen molar-refractivity contribution >= 4 is 10.9 Å². The molecule has 1 aromatic carbocycles. The average Bonchev–Trinajstić information content (AvgIpc) is 2.75. The quantitative estimate of drug-likeness (QED) is 0.756. The van der Waals surface area contributed by atoms with Gasteiger partial charge in [-0.2, -0.15) is 0 Å². The Hall–Kier alpha value is -1.35. The highest BCUT2D eigenvalue weighted by Gasteiger charge is 2.19. The van der Waals surface area contributed by atoms with E-state index in [1.54, 1.807) is 6.07 Å². The van der Waals surface area contributed by atoms with Crippen LogP contribution in [0.4, 0.5) is 4.39 Å². The predicted molar refractivity (Wildman–Crippen MR) is 63.1 cm³/mol. The molecule has 2 N–H and O–H groups in total. The van der Waals surface area contributed by atoms with Gasteiger partial charge in [-0.1, -0.05) is 12.1 Å². The third-order valence-electron chi connectivity index (χ3n) is 3.48. The Morgan fingerprint density at radius 3 is 2.81 bits per heavy atom. The lowest BCUT2D eigenvalue weighted by molar-refractivity contribution is 0.462. The molecule has 3 rings (SSSR count). The molecule has 0 radical (unpaired) electrons. The van der Waals surface area contributed by atoms with E-state index in [2.05, 4.69) is 10.3 Å². The van der Waals surface area contributed by atoms with Gasteiger partial charge in [0.1, 0.15) is 5.82 Å². The minimum absolute atomic E-state index is 0.155. The number of hydrogen-bond acceptors (Lipinski definition) is 1. The molecule has 0 saturated carbocycles. The fraction of sp³-hybridized carbons (Fsp3) is 0.385. The van der Waals surface area contributed by atoms with Gasteiger partial charge in [0.2, 0.25) is 0 Å². The summed E-state index contributed by atoms with van der Waals surface area (Å²) in [4.78, 5) is 3.06. The number of rotatable bonds is 1. The Morgan fingerprint density at radius 1 is 1.19 bits per heavy atom. The van der Waals surface area contributed by atoms with Crippen molar-refractivity contribution < 1.29 is 4.39 Å². The second-order valence-electron chi connectivity index (χ2n) is 4.43. The van der Waals surface area contributed by atoms with Gasteiger partial charge < -0.3 is 10.3 Å². The molecular weight excluding hydrogens is 203 g/mol. The third-order valence-corrected chi connectivity index (χ3v) is 3.48. The molecular formula is C13H15FN2. The summed E-state index contributed by atoms with van der Waals surface area (Å²) in [5.74, 6) is 0.412. The van der Waals surface area contributed by atoms with Gasteiger partial charge in [-0.3, -0.25) is 0 Å². The number of piperidine rings is 1. The molecule has 2 heterocycles. The fourth-order valence-corrected chi connectivity index (χ4v) is 2.61. The molecule has 0 unspecified atom stereocenters. The lowest BCUT2D eigenvalue weighted by Gasteiger charge is -2.22. The monoisotopic (exact) mass is 218 g/mol. The molecule has 2 nitrogen and oxygen atoms in total. The molecule has 0 atom stereocenters. The highest BCUT2D eigenvalue weighted by Crippen LogP contribution is 2.31. The van der Waals surface area contributed by atoms with Gasteiger partial charge in [0.05, 0.1) is 5.52 Å². The molecule has 1 aliphatic heterocycles. The molecule has 1 fully saturated rings. The van der Waals surface area contributed by atoms with Crippen molar-refractivity contribution in [2.24, 2.45) is 0 Å². The van der Waals surface area contributed by atoms with Gasteiger partial charge in [0, 0.05) is 11.6 Å². The minimum atomic E-state index is -0.155. The second kappa shape index (κ2) is 3.91. The van der Waals surface area contributed by atoms with Crippen molar-refractivity contribution in [3.05, 3.63) is 35.8 Å². The van der Waals surface area contributed by atoms with Crippen LogP contribution in [0.15, 0.2) is 24.4 Å². The number of H-pyrrole nitrogens is 1. The van der Waals surface area contributed by atoms with Crippen LogP contribution in [0.5, 0.6) is 0 Å². The van der Waals surface area contributed by atoms with Gasteiger partial charge in [-0.25, -0.2) is 4.39 Å². The molecule has 84 valence electrons. The molecule has 0 bridgehead atoms. The molecule has 16 heavy (non-hydrogen) atoms. The number of halogens is 1. The highest BCUT2D eigenvalue weighted by molar-refractivity contribution is 5.84. The van der Waals surface area contributed by atoms with Crippen LogP contribution >= 0.6 is 0 Å². The highest BCUT2D eigenvalue weighted by atomic mass is 19.1. The van der Waals surface area contributed by atoms with Crippen molar-refractivity contribution in [2.45, 2.75) is 18.8 Å². The Bertz CT molecular complexity index is 498. The van der Waals surface area contributed by atoms with E-state index >= 15 is 0 Å². The van der Waals surface area contributed by atoms with E-state index in [0.29, 0.717) is 11.4 Å². The maximum atomic E-state index is 13.5. The summed E-state index contributed by atoms with van der Waals surface area (Å²) in [6.45, 7) is 2.12. The lowest BCUT2D eigenvalue weighted by Crippen LogP contribution is -2.26. The SMILES string of the molecule is Fc1cccc2c(C3CCNCC3)c[nH]c12. The number of hydrogen-bond donors (Lipinski definition) is 2. The molecule has 1 aromatic heterocycles. The summed E-state index contributed by atoms with van der Waals surface area (Å²) >= 11 is 0. The summed E-state index contributed by atoms with van der Waals surface area (Å²) in [5, 5.41) is 4.40. The van der Waals surface area contributed by atoms with Crippen molar-refractivity contribution in [2.75, 3.05) is 13.1 Å². The van der Waals surface area contributed by atoms with Crippen LogP contribution in [0.25, 0.3) is 10.9 Å². The Balaban J connectivity index is 2.06. The summed E-state index contributed by atoms with van der Waals surface area (Å²) in [6.07, 6.45) is 4.26. The first-order valence-corrected chi connectivity index (χ1v) is 5.82.